The van der Waals surface area contributed by atoms with Crippen LogP contribution in [0.1, 0.15) is 43.5 Å². The third-order valence-corrected chi connectivity index (χ3v) is 4.53. The molecule has 0 amide bonds. The molecule has 0 unspecified atom stereocenters. The fourth-order valence-corrected chi connectivity index (χ4v) is 3.64. The van der Waals surface area contributed by atoms with Gasteiger partial charge in [0.05, 0.1) is 5.54 Å². The minimum atomic E-state index is 0.261. The Morgan fingerprint density at radius 1 is 1.11 bits per heavy atom. The van der Waals surface area contributed by atoms with E-state index in [2.05, 4.69) is 30.1 Å². The van der Waals surface area contributed by atoms with Crippen LogP contribution < -0.4 is 10.2 Å². The molecule has 104 valence electrons. The second kappa shape index (κ2) is 5.08. The van der Waals surface area contributed by atoms with E-state index in [-0.39, 0.29) is 5.54 Å². The molecule has 4 nitrogen and oxygen atoms in total. The van der Waals surface area contributed by atoms with Gasteiger partial charge in [-0.15, -0.1) is 0 Å². The lowest BCUT2D eigenvalue weighted by atomic mass is 9.79. The van der Waals surface area contributed by atoms with Crippen LogP contribution in [-0.4, -0.2) is 35.1 Å². The lowest BCUT2D eigenvalue weighted by Crippen LogP contribution is -2.62. The Labute approximate surface area is 115 Å². The highest BCUT2D eigenvalue weighted by Crippen LogP contribution is 2.36. The number of aryl methyl sites for hydroxylation is 2. The highest BCUT2D eigenvalue weighted by atomic mass is 15.3. The van der Waals surface area contributed by atoms with Crippen LogP contribution in [0.4, 0.5) is 5.95 Å². The van der Waals surface area contributed by atoms with Crippen molar-refractivity contribution in [2.45, 2.75) is 51.5 Å². The molecule has 1 spiro atoms. The molecule has 2 heterocycles. The summed E-state index contributed by atoms with van der Waals surface area (Å²) >= 11 is 0. The summed E-state index contributed by atoms with van der Waals surface area (Å²) in [4.78, 5) is 11.9. The Balaban J connectivity index is 1.95. The maximum atomic E-state index is 4.69. The molecule has 2 aliphatic rings. The van der Waals surface area contributed by atoms with E-state index < -0.39 is 0 Å². The molecule has 1 N–H and O–H groups in total. The first-order valence-electron chi connectivity index (χ1n) is 7.50. The van der Waals surface area contributed by atoms with Crippen molar-refractivity contribution in [2.75, 3.05) is 24.5 Å². The molecule has 1 aliphatic carbocycles. The van der Waals surface area contributed by atoms with E-state index in [0.29, 0.717) is 0 Å². The molecule has 0 bridgehead atoms. The van der Waals surface area contributed by atoms with E-state index >= 15 is 0 Å². The molecule has 0 radical (unpaired) electrons. The largest absolute Gasteiger partial charge is 0.333 e. The summed E-state index contributed by atoms with van der Waals surface area (Å²) < 4.78 is 0. The zero-order valence-electron chi connectivity index (χ0n) is 12.1. The normalized spacial score (nSPS) is 22.7. The first-order chi connectivity index (χ1) is 9.20. The predicted molar refractivity (Wildman–Crippen MR) is 77.5 cm³/mol. The van der Waals surface area contributed by atoms with Crippen molar-refractivity contribution in [3.05, 3.63) is 17.5 Å². The van der Waals surface area contributed by atoms with Crippen LogP contribution in [0.25, 0.3) is 0 Å². The summed E-state index contributed by atoms with van der Waals surface area (Å²) in [6, 6.07) is 2.05. The van der Waals surface area contributed by atoms with Gasteiger partial charge in [-0.3, -0.25) is 0 Å². The molecular formula is C15H24N4. The monoisotopic (exact) mass is 260 g/mol. The summed E-state index contributed by atoms with van der Waals surface area (Å²) in [5.41, 5.74) is 2.41. The third kappa shape index (κ3) is 2.46. The summed E-state index contributed by atoms with van der Waals surface area (Å²) in [7, 11) is 0. The number of nitrogens with one attached hydrogen (secondary N) is 1. The van der Waals surface area contributed by atoms with Crippen LogP contribution in [-0.2, 0) is 0 Å². The van der Waals surface area contributed by atoms with Crippen molar-refractivity contribution in [1.82, 2.24) is 15.3 Å². The third-order valence-electron chi connectivity index (χ3n) is 4.53. The van der Waals surface area contributed by atoms with Crippen molar-refractivity contribution < 1.29 is 0 Å². The summed E-state index contributed by atoms with van der Waals surface area (Å²) in [5.74, 6) is 0.945. The average molecular weight is 260 g/mol. The lowest BCUT2D eigenvalue weighted by Gasteiger charge is -2.49. The zero-order valence-corrected chi connectivity index (χ0v) is 12.1. The molecular weight excluding hydrogens is 236 g/mol. The van der Waals surface area contributed by atoms with E-state index in [1.54, 1.807) is 0 Å². The van der Waals surface area contributed by atoms with Gasteiger partial charge in [-0.25, -0.2) is 9.97 Å². The minimum Gasteiger partial charge on any atom is -0.333 e. The van der Waals surface area contributed by atoms with E-state index in [4.69, 9.17) is 9.97 Å². The molecule has 1 saturated heterocycles. The molecule has 3 rings (SSSR count). The molecule has 1 aliphatic heterocycles. The van der Waals surface area contributed by atoms with E-state index in [0.717, 1.165) is 37.0 Å². The van der Waals surface area contributed by atoms with Crippen molar-refractivity contribution in [2.24, 2.45) is 0 Å². The first kappa shape index (κ1) is 12.9. The minimum absolute atomic E-state index is 0.261. The maximum Gasteiger partial charge on any atom is 0.226 e. The van der Waals surface area contributed by atoms with E-state index in [1.165, 1.54) is 32.1 Å². The molecule has 0 atom stereocenters. The quantitative estimate of drug-likeness (QED) is 0.840. The van der Waals surface area contributed by atoms with E-state index in [9.17, 15) is 0 Å². The molecule has 1 aromatic rings. The van der Waals surface area contributed by atoms with Gasteiger partial charge in [0, 0.05) is 31.0 Å². The van der Waals surface area contributed by atoms with Crippen molar-refractivity contribution in [3.63, 3.8) is 0 Å². The summed E-state index contributed by atoms with van der Waals surface area (Å²) in [5, 5.41) is 3.58. The Morgan fingerprint density at radius 2 is 1.79 bits per heavy atom. The van der Waals surface area contributed by atoms with Gasteiger partial charge >= 0.3 is 0 Å². The smallest absolute Gasteiger partial charge is 0.226 e. The van der Waals surface area contributed by atoms with Gasteiger partial charge in [0.1, 0.15) is 0 Å². The van der Waals surface area contributed by atoms with Gasteiger partial charge < -0.3 is 10.2 Å². The fraction of sp³-hybridized carbons (Fsp3) is 0.733. The molecule has 1 saturated carbocycles. The van der Waals surface area contributed by atoms with Crippen molar-refractivity contribution in [1.29, 1.82) is 0 Å². The molecule has 4 heteroatoms. The standard InChI is InChI=1S/C15H24N4/c1-12-10-13(2)18-14(17-12)19-9-8-16-11-15(19)6-4-3-5-7-15/h10,16H,3-9,11H2,1-2H3. The average Bonchev–Trinajstić information content (AvgIpc) is 2.39. The van der Waals surface area contributed by atoms with Crippen LogP contribution in [0.15, 0.2) is 6.07 Å². The van der Waals surface area contributed by atoms with Crippen LogP contribution in [0, 0.1) is 13.8 Å². The van der Waals surface area contributed by atoms with Gasteiger partial charge in [-0.2, -0.15) is 0 Å². The molecule has 19 heavy (non-hydrogen) atoms. The second-order valence-corrected chi connectivity index (χ2v) is 6.06. The lowest BCUT2D eigenvalue weighted by molar-refractivity contribution is 0.238. The van der Waals surface area contributed by atoms with Gasteiger partial charge in [0.25, 0.3) is 0 Å². The molecule has 2 fully saturated rings. The van der Waals surface area contributed by atoms with Gasteiger partial charge in [-0.1, -0.05) is 19.3 Å². The highest BCUT2D eigenvalue weighted by Gasteiger charge is 2.41. The number of aromatic nitrogens is 2. The molecule has 0 aromatic carbocycles. The molecule has 1 aromatic heterocycles. The van der Waals surface area contributed by atoms with Crippen molar-refractivity contribution in [3.8, 4) is 0 Å². The van der Waals surface area contributed by atoms with Gasteiger partial charge in [0.2, 0.25) is 5.95 Å². The predicted octanol–water partition coefficient (Wildman–Crippen LogP) is 2.21. The number of anilines is 1. The first-order valence-corrected chi connectivity index (χ1v) is 7.50. The fourth-order valence-electron chi connectivity index (χ4n) is 3.64. The van der Waals surface area contributed by atoms with E-state index in [1.807, 2.05) is 0 Å². The van der Waals surface area contributed by atoms with Crippen LogP contribution in [0.2, 0.25) is 0 Å². The number of hydrogen-bond donors (Lipinski definition) is 1. The topological polar surface area (TPSA) is 41.1 Å². The Kier molecular flexibility index (Phi) is 3.44. The second-order valence-electron chi connectivity index (χ2n) is 6.06. The Hall–Kier alpha value is -1.16. The Bertz CT molecular complexity index is 423. The highest BCUT2D eigenvalue weighted by molar-refractivity contribution is 5.38. The van der Waals surface area contributed by atoms with Crippen molar-refractivity contribution >= 4 is 5.95 Å². The van der Waals surface area contributed by atoms with Gasteiger partial charge in [0.15, 0.2) is 0 Å². The SMILES string of the molecule is Cc1cc(C)nc(N2CCNCC23CCCCC3)n1. The maximum absolute atomic E-state index is 4.69. The zero-order chi connectivity index (χ0) is 13.3. The Morgan fingerprint density at radius 3 is 2.47 bits per heavy atom. The van der Waals surface area contributed by atoms with Crippen LogP contribution in [0.3, 0.4) is 0 Å². The van der Waals surface area contributed by atoms with Gasteiger partial charge in [-0.05, 0) is 32.8 Å². The van der Waals surface area contributed by atoms with Crippen LogP contribution in [0.5, 0.6) is 0 Å². The number of rotatable bonds is 1. The van der Waals surface area contributed by atoms with Crippen LogP contribution >= 0.6 is 0 Å². The summed E-state index contributed by atoms with van der Waals surface area (Å²) in [6.07, 6.45) is 6.60. The number of nitrogens with zero attached hydrogens (tertiary/aromatic N) is 3. The number of hydrogen-bond acceptors (Lipinski definition) is 4. The summed E-state index contributed by atoms with van der Waals surface area (Å²) in [6.45, 7) is 7.28. The number of piperazine rings is 1.